The summed E-state index contributed by atoms with van der Waals surface area (Å²) < 4.78 is 14.9. The lowest BCUT2D eigenvalue weighted by Gasteiger charge is -2.20. The maximum absolute atomic E-state index is 14.0. The highest BCUT2D eigenvalue weighted by Gasteiger charge is 2.17. The first-order valence-corrected chi connectivity index (χ1v) is 8.18. The van der Waals surface area contributed by atoms with E-state index < -0.39 is 0 Å². The van der Waals surface area contributed by atoms with Gasteiger partial charge in [-0.2, -0.15) is 0 Å². The van der Waals surface area contributed by atoms with Gasteiger partial charge in [-0.05, 0) is 54.4 Å². The predicted octanol–water partition coefficient (Wildman–Crippen LogP) is 5.79. The maximum Gasteiger partial charge on any atom is 0.127 e. The Morgan fingerprint density at radius 2 is 1.81 bits per heavy atom. The van der Waals surface area contributed by atoms with Crippen LogP contribution in [0.2, 0.25) is 10.0 Å². The Morgan fingerprint density at radius 1 is 1.14 bits per heavy atom. The molecule has 0 aliphatic carbocycles. The van der Waals surface area contributed by atoms with Crippen LogP contribution >= 0.6 is 39.1 Å². The Bertz CT molecular complexity index is 634. The third-order valence-corrected chi connectivity index (χ3v) is 4.42. The zero-order valence-corrected chi connectivity index (χ0v) is 14.6. The molecule has 21 heavy (non-hydrogen) atoms. The van der Waals surface area contributed by atoms with Crippen LogP contribution in [0.1, 0.15) is 24.1 Å². The molecule has 0 saturated heterocycles. The average Bonchev–Trinajstić information content (AvgIpc) is 2.44. The van der Waals surface area contributed by atoms with Gasteiger partial charge >= 0.3 is 0 Å². The van der Waals surface area contributed by atoms with Crippen LogP contribution in [0, 0.1) is 5.82 Å². The van der Waals surface area contributed by atoms with Gasteiger partial charge in [0.05, 0.1) is 0 Å². The molecule has 0 spiro atoms. The predicted molar refractivity (Wildman–Crippen MR) is 90.7 cm³/mol. The molecule has 1 nitrogen and oxygen atoms in total. The van der Waals surface area contributed by atoms with Gasteiger partial charge in [0, 0.05) is 20.6 Å². The van der Waals surface area contributed by atoms with Crippen molar-refractivity contribution in [1.29, 1.82) is 0 Å². The molecule has 0 bridgehead atoms. The van der Waals surface area contributed by atoms with Crippen molar-refractivity contribution in [2.75, 3.05) is 6.54 Å². The fourth-order valence-corrected chi connectivity index (χ4v) is 3.09. The molecule has 0 saturated carbocycles. The van der Waals surface area contributed by atoms with Gasteiger partial charge in [0.15, 0.2) is 0 Å². The van der Waals surface area contributed by atoms with E-state index >= 15 is 0 Å². The third-order valence-electron chi connectivity index (χ3n) is 3.22. The molecule has 0 heterocycles. The van der Waals surface area contributed by atoms with Crippen molar-refractivity contribution >= 4 is 39.1 Å². The molecule has 0 aromatic heterocycles. The minimum atomic E-state index is -0.288. The molecule has 0 fully saturated rings. The normalized spacial score (nSPS) is 12.4. The van der Waals surface area contributed by atoms with Gasteiger partial charge in [-0.25, -0.2) is 4.39 Å². The lowest BCUT2D eigenvalue weighted by atomic mass is 9.98. The molecule has 1 atom stereocenters. The summed E-state index contributed by atoms with van der Waals surface area (Å²) in [6, 6.07) is 10.4. The lowest BCUT2D eigenvalue weighted by Crippen LogP contribution is -2.23. The highest BCUT2D eigenvalue weighted by molar-refractivity contribution is 9.10. The van der Waals surface area contributed by atoms with E-state index in [0.29, 0.717) is 22.0 Å². The molecular weight excluding hydrogens is 376 g/mol. The Balaban J connectivity index is 2.32. The van der Waals surface area contributed by atoms with Gasteiger partial charge in [0.25, 0.3) is 0 Å². The Morgan fingerprint density at radius 3 is 2.48 bits per heavy atom. The first kappa shape index (κ1) is 16.8. The molecule has 0 radical (unpaired) electrons. The van der Waals surface area contributed by atoms with Crippen LogP contribution in [-0.2, 0) is 6.42 Å². The first-order chi connectivity index (χ1) is 10.0. The fraction of sp³-hybridized carbons (Fsp3) is 0.250. The average molecular weight is 391 g/mol. The number of hydrogen-bond acceptors (Lipinski definition) is 1. The molecule has 2 rings (SSSR count). The van der Waals surface area contributed by atoms with Gasteiger partial charge < -0.3 is 5.32 Å². The number of rotatable bonds is 5. The second kappa shape index (κ2) is 7.59. The SMILES string of the molecule is CCNC(Cc1ccc(Cl)cc1F)c1cc(Cl)ccc1Br. The molecule has 0 aliphatic rings. The van der Waals surface area contributed by atoms with E-state index in [4.69, 9.17) is 23.2 Å². The van der Waals surface area contributed by atoms with Crippen molar-refractivity contribution in [2.24, 2.45) is 0 Å². The van der Waals surface area contributed by atoms with Crippen molar-refractivity contribution in [1.82, 2.24) is 5.32 Å². The topological polar surface area (TPSA) is 12.0 Å². The Labute approximate surface area is 142 Å². The molecule has 112 valence electrons. The summed E-state index contributed by atoms with van der Waals surface area (Å²) in [7, 11) is 0. The van der Waals surface area contributed by atoms with E-state index in [1.807, 2.05) is 25.1 Å². The Hall–Kier alpha value is -0.610. The minimum absolute atomic E-state index is 0.0289. The standard InChI is InChI=1S/C16H15BrCl2FN/c1-2-21-16(13-8-11(18)5-6-14(13)17)7-10-3-4-12(19)9-15(10)20/h3-6,8-9,16,21H,2,7H2,1H3. The van der Waals surface area contributed by atoms with E-state index in [1.54, 1.807) is 12.1 Å². The van der Waals surface area contributed by atoms with Crippen LogP contribution in [0.5, 0.6) is 0 Å². The van der Waals surface area contributed by atoms with Gasteiger partial charge in [-0.1, -0.05) is 52.1 Å². The largest absolute Gasteiger partial charge is 0.310 e. The van der Waals surface area contributed by atoms with Crippen molar-refractivity contribution in [3.63, 3.8) is 0 Å². The van der Waals surface area contributed by atoms with Gasteiger partial charge in [-0.3, -0.25) is 0 Å². The van der Waals surface area contributed by atoms with Crippen LogP contribution in [0.3, 0.4) is 0 Å². The van der Waals surface area contributed by atoms with Gasteiger partial charge in [0.1, 0.15) is 5.82 Å². The highest BCUT2D eigenvalue weighted by atomic mass is 79.9. The van der Waals surface area contributed by atoms with Crippen LogP contribution in [0.15, 0.2) is 40.9 Å². The summed E-state index contributed by atoms with van der Waals surface area (Å²) in [4.78, 5) is 0. The van der Waals surface area contributed by atoms with E-state index in [0.717, 1.165) is 16.6 Å². The minimum Gasteiger partial charge on any atom is -0.310 e. The monoisotopic (exact) mass is 389 g/mol. The van der Waals surface area contributed by atoms with E-state index in [-0.39, 0.29) is 11.9 Å². The zero-order valence-electron chi connectivity index (χ0n) is 11.5. The van der Waals surface area contributed by atoms with Crippen molar-refractivity contribution in [2.45, 2.75) is 19.4 Å². The summed E-state index contributed by atoms with van der Waals surface area (Å²) in [5, 5.41) is 4.43. The molecule has 1 unspecified atom stereocenters. The van der Waals surface area contributed by atoms with Crippen LogP contribution in [-0.4, -0.2) is 6.54 Å². The van der Waals surface area contributed by atoms with Crippen LogP contribution in [0.4, 0.5) is 4.39 Å². The Kier molecular flexibility index (Phi) is 6.06. The number of likely N-dealkylation sites (N-methyl/N-ethyl adjacent to an activating group) is 1. The lowest BCUT2D eigenvalue weighted by molar-refractivity contribution is 0.526. The van der Waals surface area contributed by atoms with Crippen molar-refractivity contribution < 1.29 is 4.39 Å². The van der Waals surface area contributed by atoms with E-state index in [9.17, 15) is 4.39 Å². The van der Waals surface area contributed by atoms with Crippen LogP contribution in [0.25, 0.3) is 0 Å². The second-order valence-electron chi connectivity index (χ2n) is 4.72. The summed E-state index contributed by atoms with van der Waals surface area (Å²) >= 11 is 15.4. The van der Waals surface area contributed by atoms with Crippen LogP contribution < -0.4 is 5.32 Å². The second-order valence-corrected chi connectivity index (χ2v) is 6.44. The molecule has 2 aromatic rings. The first-order valence-electron chi connectivity index (χ1n) is 6.63. The summed E-state index contributed by atoms with van der Waals surface area (Å²) in [6.07, 6.45) is 0.524. The molecular formula is C16H15BrCl2FN. The zero-order chi connectivity index (χ0) is 15.4. The fourth-order valence-electron chi connectivity index (χ4n) is 2.23. The number of benzene rings is 2. The molecule has 0 amide bonds. The number of hydrogen-bond donors (Lipinski definition) is 1. The van der Waals surface area contributed by atoms with Gasteiger partial charge in [0.2, 0.25) is 0 Å². The number of nitrogens with one attached hydrogen (secondary N) is 1. The van der Waals surface area contributed by atoms with E-state index in [1.165, 1.54) is 6.07 Å². The third kappa shape index (κ3) is 4.43. The molecule has 0 aliphatic heterocycles. The molecule has 2 aromatic carbocycles. The summed E-state index contributed by atoms with van der Waals surface area (Å²) in [6.45, 7) is 2.79. The van der Waals surface area contributed by atoms with Crippen molar-refractivity contribution in [3.05, 3.63) is 67.9 Å². The van der Waals surface area contributed by atoms with Crippen molar-refractivity contribution in [3.8, 4) is 0 Å². The molecule has 1 N–H and O–H groups in total. The van der Waals surface area contributed by atoms with E-state index in [2.05, 4.69) is 21.2 Å². The highest BCUT2D eigenvalue weighted by Crippen LogP contribution is 2.30. The molecule has 5 heteroatoms. The summed E-state index contributed by atoms with van der Waals surface area (Å²) in [5.74, 6) is -0.288. The smallest absolute Gasteiger partial charge is 0.127 e. The quantitative estimate of drug-likeness (QED) is 0.681. The number of halogens is 4. The van der Waals surface area contributed by atoms with Gasteiger partial charge in [-0.15, -0.1) is 0 Å². The maximum atomic E-state index is 14.0. The summed E-state index contributed by atoms with van der Waals surface area (Å²) in [5.41, 5.74) is 1.64.